The van der Waals surface area contributed by atoms with Crippen LogP contribution in [0.25, 0.3) is 0 Å². The number of carbonyl (C=O) groups excluding carboxylic acids is 2. The second kappa shape index (κ2) is 9.44. The van der Waals surface area contributed by atoms with E-state index in [1.807, 2.05) is 12.1 Å². The number of alkyl halides is 3. The van der Waals surface area contributed by atoms with Gasteiger partial charge in [0.1, 0.15) is 11.4 Å². The van der Waals surface area contributed by atoms with Gasteiger partial charge in [0.2, 0.25) is 11.6 Å². The number of para-hydroxylation sites is 1. The number of hydrogen-bond donors (Lipinski definition) is 3. The minimum absolute atomic E-state index is 0.0125. The SMILES string of the molecule is CNC(C(=O)O)=C(C(=O)C(=O)c1ccc(OC(F)(F)F)cc1)C1c2ccccc2N[C@@H]2CCC[C@H]12. The molecule has 1 aliphatic heterocycles. The summed E-state index contributed by atoms with van der Waals surface area (Å²) in [6, 6.07) is 11.2. The van der Waals surface area contributed by atoms with Crippen LogP contribution in [0.5, 0.6) is 5.75 Å². The standard InChI is InChI=1S/C25H23F3N2O5/c1-29-21(24(33)34)20(19-15-5-2-3-7-17(15)30-18-8-4-6-16(18)19)23(32)22(31)13-9-11-14(12-10-13)35-25(26,27)28/h2-3,5,7,9-12,16,18-19,29-30H,4,6,8H2,1H3,(H,33,34)/t16-,18+,19?/m0/s1. The van der Waals surface area contributed by atoms with E-state index >= 15 is 0 Å². The lowest BCUT2D eigenvalue weighted by Crippen LogP contribution is -2.39. The van der Waals surface area contributed by atoms with Gasteiger partial charge in [-0.2, -0.15) is 0 Å². The predicted molar refractivity (Wildman–Crippen MR) is 120 cm³/mol. The Morgan fingerprint density at radius 3 is 2.37 bits per heavy atom. The Balaban J connectivity index is 1.78. The number of fused-ring (bicyclic) bond motifs is 2. The maximum absolute atomic E-state index is 13.6. The first-order valence-corrected chi connectivity index (χ1v) is 11.1. The Morgan fingerprint density at radius 2 is 1.74 bits per heavy atom. The largest absolute Gasteiger partial charge is 0.573 e. The zero-order valence-electron chi connectivity index (χ0n) is 18.7. The van der Waals surface area contributed by atoms with Crippen molar-refractivity contribution >= 4 is 23.2 Å². The van der Waals surface area contributed by atoms with E-state index in [2.05, 4.69) is 15.4 Å². The molecule has 2 aromatic rings. The number of allylic oxidation sites excluding steroid dienone is 1. The number of Topliss-reactive ketones (excluding diaryl/α,β-unsaturated/α-hetero) is 2. The van der Waals surface area contributed by atoms with Gasteiger partial charge in [0.15, 0.2) is 0 Å². The van der Waals surface area contributed by atoms with Gasteiger partial charge >= 0.3 is 12.3 Å². The van der Waals surface area contributed by atoms with Gasteiger partial charge in [0, 0.05) is 35.8 Å². The molecule has 0 bridgehead atoms. The van der Waals surface area contributed by atoms with Gasteiger partial charge in [0.25, 0.3) is 0 Å². The molecule has 0 aromatic heterocycles. The number of carbonyl (C=O) groups is 3. The first kappa shape index (κ1) is 24.3. The van der Waals surface area contributed by atoms with Crippen LogP contribution >= 0.6 is 0 Å². The molecule has 0 amide bonds. The molecule has 1 heterocycles. The molecule has 0 radical (unpaired) electrons. The van der Waals surface area contributed by atoms with Crippen LogP contribution in [0.2, 0.25) is 0 Å². The summed E-state index contributed by atoms with van der Waals surface area (Å²) in [5.41, 5.74) is 0.773. The quantitative estimate of drug-likeness (QED) is 0.304. The van der Waals surface area contributed by atoms with Gasteiger partial charge in [-0.05, 0) is 54.7 Å². The van der Waals surface area contributed by atoms with Crippen molar-refractivity contribution < 1.29 is 37.4 Å². The molecule has 7 nitrogen and oxygen atoms in total. The number of halogens is 3. The minimum Gasteiger partial charge on any atom is -0.477 e. The van der Waals surface area contributed by atoms with E-state index in [9.17, 15) is 32.7 Å². The fraction of sp³-hybridized carbons (Fsp3) is 0.320. The molecule has 1 aliphatic carbocycles. The third kappa shape index (κ3) is 4.87. The number of carboxylic acids is 1. The Hall–Kier alpha value is -3.82. The van der Waals surface area contributed by atoms with E-state index in [0.29, 0.717) is 0 Å². The number of carboxylic acid groups (broad SMARTS) is 1. The predicted octanol–water partition coefficient (Wildman–Crippen LogP) is 4.27. The lowest BCUT2D eigenvalue weighted by atomic mass is 9.72. The number of benzene rings is 2. The van der Waals surface area contributed by atoms with Gasteiger partial charge in [-0.3, -0.25) is 9.59 Å². The first-order chi connectivity index (χ1) is 16.6. The number of rotatable bonds is 7. The molecule has 4 rings (SSSR count). The van der Waals surface area contributed by atoms with E-state index in [1.165, 1.54) is 7.05 Å². The second-order valence-electron chi connectivity index (χ2n) is 8.48. The van der Waals surface area contributed by atoms with Crippen LogP contribution in [-0.2, 0) is 9.59 Å². The number of aliphatic carboxylic acids is 1. The fourth-order valence-electron chi connectivity index (χ4n) is 5.09. The summed E-state index contributed by atoms with van der Waals surface area (Å²) < 4.78 is 41.2. The topological polar surface area (TPSA) is 105 Å². The summed E-state index contributed by atoms with van der Waals surface area (Å²) in [6.07, 6.45) is -2.44. The van der Waals surface area contributed by atoms with Crippen LogP contribution in [0.3, 0.4) is 0 Å². The van der Waals surface area contributed by atoms with Crippen molar-refractivity contribution in [2.75, 3.05) is 12.4 Å². The van der Waals surface area contributed by atoms with Crippen molar-refractivity contribution in [1.82, 2.24) is 5.32 Å². The van der Waals surface area contributed by atoms with E-state index in [0.717, 1.165) is 54.8 Å². The van der Waals surface area contributed by atoms with Crippen molar-refractivity contribution in [2.45, 2.75) is 37.6 Å². The molecule has 1 unspecified atom stereocenters. The summed E-state index contributed by atoms with van der Waals surface area (Å²) in [6.45, 7) is 0. The number of anilines is 1. The van der Waals surface area contributed by atoms with Gasteiger partial charge in [-0.1, -0.05) is 24.6 Å². The molecule has 10 heteroatoms. The molecule has 0 spiro atoms. The Bertz CT molecular complexity index is 1190. The van der Waals surface area contributed by atoms with E-state index in [-0.39, 0.29) is 28.8 Å². The smallest absolute Gasteiger partial charge is 0.477 e. The van der Waals surface area contributed by atoms with Crippen LogP contribution in [0.1, 0.15) is 41.1 Å². The van der Waals surface area contributed by atoms with Crippen LogP contribution in [0.4, 0.5) is 18.9 Å². The fourth-order valence-corrected chi connectivity index (χ4v) is 5.09. The lowest BCUT2D eigenvalue weighted by Gasteiger charge is -2.38. The van der Waals surface area contributed by atoms with Gasteiger partial charge in [0.05, 0.1) is 0 Å². The summed E-state index contributed by atoms with van der Waals surface area (Å²) in [5, 5.41) is 15.9. The lowest BCUT2D eigenvalue weighted by molar-refractivity contribution is -0.274. The number of nitrogens with one attached hydrogen (secondary N) is 2. The van der Waals surface area contributed by atoms with Crippen molar-refractivity contribution in [3.05, 3.63) is 70.9 Å². The van der Waals surface area contributed by atoms with Gasteiger partial charge in [-0.15, -0.1) is 13.2 Å². The van der Waals surface area contributed by atoms with Crippen LogP contribution in [0, 0.1) is 5.92 Å². The van der Waals surface area contributed by atoms with Crippen LogP contribution in [0.15, 0.2) is 59.8 Å². The van der Waals surface area contributed by atoms with Crippen LogP contribution in [-0.4, -0.2) is 42.1 Å². The van der Waals surface area contributed by atoms with Crippen molar-refractivity contribution in [2.24, 2.45) is 5.92 Å². The molecule has 2 aromatic carbocycles. The zero-order chi connectivity index (χ0) is 25.3. The average molecular weight is 488 g/mol. The molecule has 2 aliphatic rings. The Kier molecular flexibility index (Phi) is 6.56. The van der Waals surface area contributed by atoms with E-state index in [4.69, 9.17) is 0 Å². The highest BCUT2D eigenvalue weighted by atomic mass is 19.4. The maximum atomic E-state index is 13.6. The normalized spacial score (nSPS) is 21.7. The first-order valence-electron chi connectivity index (χ1n) is 11.1. The third-order valence-electron chi connectivity index (χ3n) is 6.48. The van der Waals surface area contributed by atoms with E-state index in [1.54, 1.807) is 12.1 Å². The molecule has 0 saturated heterocycles. The summed E-state index contributed by atoms with van der Waals surface area (Å²) >= 11 is 0. The molecule has 35 heavy (non-hydrogen) atoms. The van der Waals surface area contributed by atoms with E-state index < -0.39 is 35.6 Å². The number of likely N-dealkylation sites (N-methyl/N-ethyl adjacent to an activating group) is 1. The number of hydrogen-bond acceptors (Lipinski definition) is 6. The van der Waals surface area contributed by atoms with Gasteiger partial charge in [-0.25, -0.2) is 4.79 Å². The number of ketones is 2. The Morgan fingerprint density at radius 1 is 1.06 bits per heavy atom. The monoisotopic (exact) mass is 488 g/mol. The third-order valence-corrected chi connectivity index (χ3v) is 6.48. The summed E-state index contributed by atoms with van der Waals surface area (Å²) in [7, 11) is 1.36. The molecule has 1 fully saturated rings. The maximum Gasteiger partial charge on any atom is 0.573 e. The number of ether oxygens (including phenoxy) is 1. The summed E-state index contributed by atoms with van der Waals surface area (Å²) in [4.78, 5) is 38.9. The zero-order valence-corrected chi connectivity index (χ0v) is 18.7. The molecule has 184 valence electrons. The van der Waals surface area contributed by atoms with Crippen molar-refractivity contribution in [1.29, 1.82) is 0 Å². The van der Waals surface area contributed by atoms with Crippen LogP contribution < -0.4 is 15.4 Å². The highest BCUT2D eigenvalue weighted by Crippen LogP contribution is 2.49. The second-order valence-corrected chi connectivity index (χ2v) is 8.48. The highest BCUT2D eigenvalue weighted by molar-refractivity contribution is 6.50. The van der Waals surface area contributed by atoms with Gasteiger partial charge < -0.3 is 20.5 Å². The molecule has 3 atom stereocenters. The van der Waals surface area contributed by atoms with Crippen molar-refractivity contribution in [3.8, 4) is 5.75 Å². The Labute approximate surface area is 199 Å². The minimum atomic E-state index is -4.90. The average Bonchev–Trinajstić information content (AvgIpc) is 3.28. The molecular weight excluding hydrogens is 465 g/mol. The molecule has 3 N–H and O–H groups in total. The highest BCUT2D eigenvalue weighted by Gasteiger charge is 2.45. The summed E-state index contributed by atoms with van der Waals surface area (Å²) in [5.74, 6) is -4.72. The van der Waals surface area contributed by atoms with Crippen molar-refractivity contribution in [3.63, 3.8) is 0 Å². The molecule has 1 saturated carbocycles. The molecular formula is C25H23F3N2O5.